The molecule has 40 heavy (non-hydrogen) atoms. The molecule has 0 aliphatic carbocycles. The third kappa shape index (κ3) is 6.56. The number of fused-ring (bicyclic) bond motifs is 1. The Morgan fingerprint density at radius 2 is 1.50 bits per heavy atom. The topological polar surface area (TPSA) is 83.0 Å². The molecule has 202 valence electrons. The molecule has 0 fully saturated rings. The zero-order valence-corrected chi connectivity index (χ0v) is 22.6. The summed E-state index contributed by atoms with van der Waals surface area (Å²) in [6.07, 6.45) is -0.335. The summed E-state index contributed by atoms with van der Waals surface area (Å²) < 4.78 is 5.81. The number of nitrogens with one attached hydrogen (secondary N) is 2. The Labute approximate surface area is 234 Å². The average Bonchev–Trinajstić information content (AvgIpc) is 3.11. The van der Waals surface area contributed by atoms with Gasteiger partial charge in [0.2, 0.25) is 11.8 Å². The van der Waals surface area contributed by atoms with Crippen LogP contribution in [0.4, 0.5) is 5.69 Å². The first-order valence-corrected chi connectivity index (χ1v) is 13.3. The first-order valence-electron chi connectivity index (χ1n) is 13.3. The number of para-hydroxylation sites is 2. The van der Waals surface area contributed by atoms with Crippen molar-refractivity contribution in [3.8, 4) is 11.5 Å². The Bertz CT molecular complexity index is 1490. The number of hydrogen-bond donors (Lipinski definition) is 2. The Hall–Kier alpha value is -4.91. The number of anilines is 1. The van der Waals surface area contributed by atoms with Gasteiger partial charge in [-0.05, 0) is 42.8 Å². The van der Waals surface area contributed by atoms with E-state index in [0.717, 1.165) is 33.8 Å². The van der Waals surface area contributed by atoms with Crippen molar-refractivity contribution in [2.45, 2.75) is 25.6 Å². The highest BCUT2D eigenvalue weighted by atomic mass is 16.5. The van der Waals surface area contributed by atoms with Gasteiger partial charge in [-0.15, -0.1) is 0 Å². The lowest BCUT2D eigenvalue weighted by atomic mass is 10.0. The molecule has 2 atom stereocenters. The number of ether oxygens (including phenoxy) is 1. The number of benzodiazepines with no additional fused rings is 1. The molecule has 5 rings (SSSR count). The minimum atomic E-state index is -0.723. The van der Waals surface area contributed by atoms with Crippen molar-refractivity contribution in [2.75, 3.05) is 18.5 Å². The molecule has 7 nitrogen and oxygen atoms in total. The van der Waals surface area contributed by atoms with Crippen LogP contribution in [0, 0.1) is 0 Å². The maximum absolute atomic E-state index is 13.1. The van der Waals surface area contributed by atoms with Crippen LogP contribution in [-0.4, -0.2) is 43.3 Å². The van der Waals surface area contributed by atoms with Gasteiger partial charge in [-0.25, -0.2) is 0 Å². The fraction of sp³-hybridized carbons (Fsp3) is 0.182. The van der Waals surface area contributed by atoms with Gasteiger partial charge >= 0.3 is 0 Å². The summed E-state index contributed by atoms with van der Waals surface area (Å²) >= 11 is 0. The number of carbonyl (C=O) groups is 2. The third-order valence-corrected chi connectivity index (χ3v) is 6.70. The van der Waals surface area contributed by atoms with E-state index in [2.05, 4.69) is 21.6 Å². The molecule has 7 heteroatoms. The van der Waals surface area contributed by atoms with Crippen molar-refractivity contribution in [1.29, 1.82) is 0 Å². The predicted octanol–water partition coefficient (Wildman–Crippen LogP) is 4.96. The Balaban J connectivity index is 1.21. The van der Waals surface area contributed by atoms with Crippen LogP contribution in [0.5, 0.6) is 11.5 Å². The maximum atomic E-state index is 13.1. The number of aliphatic imine (C=N–C) groups is 1. The van der Waals surface area contributed by atoms with Gasteiger partial charge in [0.1, 0.15) is 23.7 Å². The van der Waals surface area contributed by atoms with Crippen LogP contribution in [0.15, 0.2) is 114 Å². The van der Waals surface area contributed by atoms with E-state index in [9.17, 15) is 9.59 Å². The second-order valence-electron chi connectivity index (χ2n) is 9.79. The largest absolute Gasteiger partial charge is 0.457 e. The highest BCUT2D eigenvalue weighted by Crippen LogP contribution is 2.26. The zero-order valence-electron chi connectivity index (χ0n) is 22.6. The molecule has 0 saturated heterocycles. The van der Waals surface area contributed by atoms with Crippen molar-refractivity contribution < 1.29 is 14.3 Å². The van der Waals surface area contributed by atoms with Gasteiger partial charge in [-0.2, -0.15) is 0 Å². The molecule has 0 bridgehead atoms. The minimum Gasteiger partial charge on any atom is -0.457 e. The second kappa shape index (κ2) is 12.3. The number of carbonyl (C=O) groups excluding carboxylic acids is 2. The minimum absolute atomic E-state index is 0.154. The van der Waals surface area contributed by atoms with Crippen molar-refractivity contribution >= 4 is 23.2 Å². The lowest BCUT2D eigenvalue weighted by Crippen LogP contribution is -2.50. The van der Waals surface area contributed by atoms with Crippen LogP contribution < -0.4 is 20.3 Å². The molecular formula is C33H32N4O3. The molecule has 4 aromatic rings. The highest BCUT2D eigenvalue weighted by Gasteiger charge is 2.25. The number of rotatable bonds is 8. The molecule has 0 spiro atoms. The van der Waals surface area contributed by atoms with Crippen LogP contribution in [0.25, 0.3) is 0 Å². The van der Waals surface area contributed by atoms with Gasteiger partial charge < -0.3 is 20.3 Å². The van der Waals surface area contributed by atoms with Crippen LogP contribution in [0.3, 0.4) is 0 Å². The summed E-state index contributed by atoms with van der Waals surface area (Å²) in [5, 5.41) is 5.84. The second-order valence-corrected chi connectivity index (χ2v) is 9.79. The van der Waals surface area contributed by atoms with Gasteiger partial charge in [-0.3, -0.25) is 14.6 Å². The van der Waals surface area contributed by atoms with Crippen molar-refractivity contribution in [1.82, 2.24) is 10.6 Å². The van der Waals surface area contributed by atoms with Crippen LogP contribution in [-0.2, 0) is 16.0 Å². The van der Waals surface area contributed by atoms with Gasteiger partial charge in [0.15, 0.2) is 0 Å². The van der Waals surface area contributed by atoms with Crippen molar-refractivity contribution in [2.24, 2.45) is 4.99 Å². The SMILES string of the molecule is CC(NC(=O)Cc1ccc(Oc2ccccc2)cc1)C(=O)N[C@@H]1CN(C)c2ccccc2C(c2ccccc2)=N1. The first kappa shape index (κ1) is 26.7. The smallest absolute Gasteiger partial charge is 0.243 e. The molecular weight excluding hydrogens is 500 g/mol. The van der Waals surface area contributed by atoms with Crippen LogP contribution >= 0.6 is 0 Å². The number of benzene rings is 4. The van der Waals surface area contributed by atoms with Crippen molar-refractivity contribution in [3.05, 3.63) is 126 Å². The summed E-state index contributed by atoms with van der Waals surface area (Å²) in [5.74, 6) is 0.907. The third-order valence-electron chi connectivity index (χ3n) is 6.70. The van der Waals surface area contributed by atoms with Crippen LogP contribution in [0.1, 0.15) is 23.6 Å². The summed E-state index contributed by atoms with van der Waals surface area (Å²) in [5.41, 5.74) is 4.68. The van der Waals surface area contributed by atoms with E-state index in [1.165, 1.54) is 0 Å². The number of nitrogens with zero attached hydrogens (tertiary/aromatic N) is 2. The van der Waals surface area contributed by atoms with Gasteiger partial charge in [0.05, 0.1) is 18.7 Å². The zero-order chi connectivity index (χ0) is 27.9. The van der Waals surface area contributed by atoms with E-state index in [4.69, 9.17) is 9.73 Å². The summed E-state index contributed by atoms with van der Waals surface area (Å²) in [4.78, 5) is 32.9. The standard InChI is InChI=1S/C33H32N4O3/c1-23(34-31(38)21-24-17-19-27(20-18-24)40-26-13-7-4-8-14-26)33(39)36-30-22-37(2)29-16-10-9-15-28(29)32(35-30)25-11-5-3-6-12-25/h3-20,23,30H,21-22H2,1-2H3,(H,34,38)(H,36,39)/t23?,30-/m1/s1. The lowest BCUT2D eigenvalue weighted by molar-refractivity contribution is -0.128. The van der Waals surface area contributed by atoms with E-state index in [0.29, 0.717) is 12.3 Å². The molecule has 1 aliphatic heterocycles. The molecule has 2 N–H and O–H groups in total. The summed E-state index contributed by atoms with van der Waals surface area (Å²) in [7, 11) is 1.99. The van der Waals surface area contributed by atoms with Gasteiger partial charge in [0, 0.05) is 23.9 Å². The molecule has 0 aromatic heterocycles. The number of amides is 2. The Morgan fingerprint density at radius 3 is 2.23 bits per heavy atom. The molecule has 0 saturated carbocycles. The average molecular weight is 533 g/mol. The van der Waals surface area contributed by atoms with E-state index in [-0.39, 0.29) is 18.2 Å². The predicted molar refractivity (Wildman–Crippen MR) is 158 cm³/mol. The highest BCUT2D eigenvalue weighted by molar-refractivity contribution is 6.16. The van der Waals surface area contributed by atoms with E-state index in [1.807, 2.05) is 110 Å². The Morgan fingerprint density at radius 1 is 0.875 bits per heavy atom. The van der Waals surface area contributed by atoms with Gasteiger partial charge in [0.25, 0.3) is 0 Å². The fourth-order valence-corrected chi connectivity index (χ4v) is 4.67. The number of likely N-dealkylation sites (N-methyl/N-ethyl adjacent to an activating group) is 1. The molecule has 4 aromatic carbocycles. The molecule has 0 radical (unpaired) electrons. The summed E-state index contributed by atoms with van der Waals surface area (Å²) in [6, 6.07) is 34.2. The van der Waals surface area contributed by atoms with E-state index in [1.54, 1.807) is 6.92 Å². The molecule has 1 unspecified atom stereocenters. The van der Waals surface area contributed by atoms with E-state index >= 15 is 0 Å². The quantitative estimate of drug-likeness (QED) is 0.336. The normalized spacial score (nSPS) is 15.2. The Kier molecular flexibility index (Phi) is 8.21. The molecule has 1 heterocycles. The maximum Gasteiger partial charge on any atom is 0.243 e. The summed E-state index contributed by atoms with van der Waals surface area (Å²) in [6.45, 7) is 2.18. The first-order chi connectivity index (χ1) is 19.5. The number of hydrogen-bond acceptors (Lipinski definition) is 5. The molecule has 1 aliphatic rings. The van der Waals surface area contributed by atoms with E-state index < -0.39 is 12.2 Å². The lowest BCUT2D eigenvalue weighted by Gasteiger charge is -2.24. The monoisotopic (exact) mass is 532 g/mol. The molecule has 2 amide bonds. The van der Waals surface area contributed by atoms with Gasteiger partial charge in [-0.1, -0.05) is 78.9 Å². The fourth-order valence-electron chi connectivity index (χ4n) is 4.67. The van der Waals surface area contributed by atoms with Crippen LogP contribution in [0.2, 0.25) is 0 Å². The van der Waals surface area contributed by atoms with Crippen molar-refractivity contribution in [3.63, 3.8) is 0 Å².